The van der Waals surface area contributed by atoms with E-state index in [4.69, 9.17) is 0 Å². The Morgan fingerprint density at radius 3 is 3.00 bits per heavy atom. The number of anilines is 1. The molecule has 0 unspecified atom stereocenters. The first-order chi connectivity index (χ1) is 11.5. The number of nitrogens with zero attached hydrogens (tertiary/aromatic N) is 2. The number of carbonyl (C=O) groups excluding carboxylic acids is 1. The predicted molar refractivity (Wildman–Crippen MR) is 94.1 cm³/mol. The SMILES string of the molecule is CCc1cccc(NC(=O)Cn2nc3c(cc2=O)C[C@H](C)CC3)c1. The van der Waals surface area contributed by atoms with Crippen LogP contribution in [0.5, 0.6) is 0 Å². The van der Waals surface area contributed by atoms with Crippen LogP contribution in [0, 0.1) is 5.92 Å². The molecule has 1 amide bonds. The van der Waals surface area contributed by atoms with Crippen LogP contribution in [0.15, 0.2) is 35.1 Å². The van der Waals surface area contributed by atoms with E-state index in [1.54, 1.807) is 6.07 Å². The van der Waals surface area contributed by atoms with Crippen molar-refractivity contribution >= 4 is 11.6 Å². The lowest BCUT2D eigenvalue weighted by molar-refractivity contribution is -0.117. The highest BCUT2D eigenvalue weighted by Crippen LogP contribution is 2.22. The molecule has 1 atom stereocenters. The second kappa shape index (κ2) is 6.99. The molecule has 1 aromatic carbocycles. The average molecular weight is 325 g/mol. The maximum Gasteiger partial charge on any atom is 0.267 e. The van der Waals surface area contributed by atoms with Gasteiger partial charge in [-0.3, -0.25) is 9.59 Å². The molecule has 2 aromatic rings. The molecule has 0 radical (unpaired) electrons. The molecular formula is C19H23N3O2. The minimum Gasteiger partial charge on any atom is -0.324 e. The first kappa shape index (κ1) is 16.4. The Morgan fingerprint density at radius 1 is 1.38 bits per heavy atom. The van der Waals surface area contributed by atoms with Gasteiger partial charge in [-0.1, -0.05) is 26.0 Å². The number of benzene rings is 1. The van der Waals surface area contributed by atoms with Crippen LogP contribution in [0.1, 0.15) is 37.1 Å². The van der Waals surface area contributed by atoms with E-state index in [2.05, 4.69) is 24.3 Å². The van der Waals surface area contributed by atoms with Gasteiger partial charge in [-0.15, -0.1) is 0 Å². The maximum atomic E-state index is 12.2. The molecule has 1 aliphatic rings. The normalized spacial score (nSPS) is 16.5. The van der Waals surface area contributed by atoms with Gasteiger partial charge in [0.1, 0.15) is 6.54 Å². The van der Waals surface area contributed by atoms with Gasteiger partial charge in [0.05, 0.1) is 5.69 Å². The van der Waals surface area contributed by atoms with E-state index in [1.165, 1.54) is 4.68 Å². The zero-order chi connectivity index (χ0) is 17.1. The summed E-state index contributed by atoms with van der Waals surface area (Å²) in [5.74, 6) is 0.352. The summed E-state index contributed by atoms with van der Waals surface area (Å²) in [5, 5.41) is 7.25. The van der Waals surface area contributed by atoms with Crippen molar-refractivity contribution in [3.63, 3.8) is 0 Å². The van der Waals surface area contributed by atoms with Gasteiger partial charge < -0.3 is 5.32 Å². The summed E-state index contributed by atoms with van der Waals surface area (Å²) in [4.78, 5) is 24.4. The molecular weight excluding hydrogens is 302 g/mol. The highest BCUT2D eigenvalue weighted by molar-refractivity contribution is 5.90. The van der Waals surface area contributed by atoms with Crippen LogP contribution in [-0.2, 0) is 30.6 Å². The number of hydrogen-bond acceptors (Lipinski definition) is 3. The van der Waals surface area contributed by atoms with E-state index in [9.17, 15) is 9.59 Å². The van der Waals surface area contributed by atoms with E-state index in [1.807, 2.05) is 24.3 Å². The molecule has 1 N–H and O–H groups in total. The number of aromatic nitrogens is 2. The molecule has 1 aromatic heterocycles. The summed E-state index contributed by atoms with van der Waals surface area (Å²) in [6, 6.07) is 9.37. The third kappa shape index (κ3) is 3.72. The van der Waals surface area contributed by atoms with Crippen LogP contribution in [-0.4, -0.2) is 15.7 Å². The number of amides is 1. The zero-order valence-electron chi connectivity index (χ0n) is 14.2. The Hall–Kier alpha value is -2.43. The smallest absolute Gasteiger partial charge is 0.267 e. The van der Waals surface area contributed by atoms with Crippen molar-refractivity contribution in [3.8, 4) is 0 Å². The van der Waals surface area contributed by atoms with Crippen molar-refractivity contribution in [1.82, 2.24) is 9.78 Å². The van der Waals surface area contributed by atoms with Crippen LogP contribution in [0.4, 0.5) is 5.69 Å². The molecule has 1 heterocycles. The molecule has 1 aliphatic carbocycles. The van der Waals surface area contributed by atoms with Crippen LogP contribution < -0.4 is 10.9 Å². The van der Waals surface area contributed by atoms with Crippen molar-refractivity contribution in [1.29, 1.82) is 0 Å². The third-order valence-corrected chi connectivity index (χ3v) is 4.52. The Balaban J connectivity index is 1.73. The van der Waals surface area contributed by atoms with Crippen molar-refractivity contribution in [2.75, 3.05) is 5.32 Å². The molecule has 5 heteroatoms. The van der Waals surface area contributed by atoms with Gasteiger partial charge in [-0.05, 0) is 54.9 Å². The third-order valence-electron chi connectivity index (χ3n) is 4.52. The van der Waals surface area contributed by atoms with Crippen LogP contribution >= 0.6 is 0 Å². The quantitative estimate of drug-likeness (QED) is 0.939. The summed E-state index contributed by atoms with van der Waals surface area (Å²) < 4.78 is 1.27. The molecule has 0 spiro atoms. The lowest BCUT2D eigenvalue weighted by Gasteiger charge is -2.20. The lowest BCUT2D eigenvalue weighted by Crippen LogP contribution is -2.32. The second-order valence-corrected chi connectivity index (χ2v) is 6.56. The topological polar surface area (TPSA) is 64.0 Å². The van der Waals surface area contributed by atoms with Crippen molar-refractivity contribution in [2.45, 2.75) is 46.1 Å². The number of fused-ring (bicyclic) bond motifs is 1. The monoisotopic (exact) mass is 325 g/mol. The van der Waals surface area contributed by atoms with Crippen molar-refractivity contribution in [2.24, 2.45) is 5.92 Å². The standard InChI is InChI=1S/C19H23N3O2/c1-3-14-5-4-6-16(10-14)20-18(23)12-22-19(24)11-15-9-13(2)7-8-17(15)21-22/h4-6,10-11,13H,3,7-9,12H2,1-2H3,(H,20,23)/t13-/m1/s1. The average Bonchev–Trinajstić information content (AvgIpc) is 2.56. The number of rotatable bonds is 4. The van der Waals surface area contributed by atoms with Gasteiger partial charge in [0.2, 0.25) is 5.91 Å². The van der Waals surface area contributed by atoms with Gasteiger partial charge in [-0.25, -0.2) is 4.68 Å². The van der Waals surface area contributed by atoms with E-state index in [0.717, 1.165) is 48.2 Å². The summed E-state index contributed by atoms with van der Waals surface area (Å²) in [6.07, 6.45) is 3.76. The molecule has 24 heavy (non-hydrogen) atoms. The summed E-state index contributed by atoms with van der Waals surface area (Å²) in [7, 11) is 0. The predicted octanol–water partition coefficient (Wildman–Crippen LogP) is 2.57. The Kier molecular flexibility index (Phi) is 4.79. The molecule has 5 nitrogen and oxygen atoms in total. The van der Waals surface area contributed by atoms with Crippen molar-refractivity contribution in [3.05, 3.63) is 57.5 Å². The first-order valence-electron chi connectivity index (χ1n) is 8.54. The number of nitrogens with one attached hydrogen (secondary N) is 1. The van der Waals surface area contributed by atoms with Crippen molar-refractivity contribution < 1.29 is 4.79 Å². The minimum atomic E-state index is -0.234. The lowest BCUT2D eigenvalue weighted by atomic mass is 9.88. The Bertz CT molecular complexity index is 810. The van der Waals surface area contributed by atoms with Crippen LogP contribution in [0.25, 0.3) is 0 Å². The fraction of sp³-hybridized carbons (Fsp3) is 0.421. The minimum absolute atomic E-state index is 0.0575. The first-order valence-corrected chi connectivity index (χ1v) is 8.54. The van der Waals surface area contributed by atoms with Gasteiger partial charge >= 0.3 is 0 Å². The molecule has 0 fully saturated rings. The number of carbonyl (C=O) groups is 1. The van der Waals surface area contributed by atoms with E-state index in [-0.39, 0.29) is 18.0 Å². The molecule has 0 saturated heterocycles. The molecule has 126 valence electrons. The summed E-state index contributed by atoms with van der Waals surface area (Å²) >= 11 is 0. The van der Waals surface area contributed by atoms with Gasteiger partial charge in [-0.2, -0.15) is 5.10 Å². The zero-order valence-corrected chi connectivity index (χ0v) is 14.2. The number of aryl methyl sites for hydroxylation is 2. The van der Waals surface area contributed by atoms with Crippen LogP contribution in [0.3, 0.4) is 0 Å². The van der Waals surface area contributed by atoms with Gasteiger partial charge in [0, 0.05) is 11.8 Å². The Morgan fingerprint density at radius 2 is 2.21 bits per heavy atom. The largest absolute Gasteiger partial charge is 0.324 e. The molecule has 3 rings (SSSR count). The van der Waals surface area contributed by atoms with Crippen LogP contribution in [0.2, 0.25) is 0 Å². The van der Waals surface area contributed by atoms with E-state index >= 15 is 0 Å². The summed E-state index contributed by atoms with van der Waals surface area (Å²) in [6.45, 7) is 4.20. The van der Waals surface area contributed by atoms with Gasteiger partial charge in [0.25, 0.3) is 5.56 Å². The second-order valence-electron chi connectivity index (χ2n) is 6.56. The van der Waals surface area contributed by atoms with E-state index in [0.29, 0.717) is 5.92 Å². The fourth-order valence-corrected chi connectivity index (χ4v) is 3.13. The number of hydrogen-bond donors (Lipinski definition) is 1. The fourth-order valence-electron chi connectivity index (χ4n) is 3.13. The summed E-state index contributed by atoms with van der Waals surface area (Å²) in [5.41, 5.74) is 3.69. The molecule has 0 saturated carbocycles. The Labute approximate surface area is 141 Å². The van der Waals surface area contributed by atoms with E-state index < -0.39 is 0 Å². The highest BCUT2D eigenvalue weighted by atomic mass is 16.2. The van der Waals surface area contributed by atoms with Gasteiger partial charge in [0.15, 0.2) is 0 Å². The highest BCUT2D eigenvalue weighted by Gasteiger charge is 2.18. The maximum absolute atomic E-state index is 12.2. The molecule has 0 bridgehead atoms. The molecule has 0 aliphatic heterocycles.